The largest absolute Gasteiger partial charge is 0.385 e. The fourth-order valence-electron chi connectivity index (χ4n) is 4.33. The number of aromatic nitrogens is 2. The van der Waals surface area contributed by atoms with Crippen LogP contribution in [-0.4, -0.2) is 51.3 Å². The number of hydrogen-bond donors (Lipinski definition) is 0. The van der Waals surface area contributed by atoms with Crippen molar-refractivity contribution in [3.8, 4) is 0 Å². The third-order valence-corrected chi connectivity index (χ3v) is 7.44. The molecule has 1 amide bonds. The number of benzene rings is 1. The molecule has 0 atom stereocenters. The number of hydrogen-bond acceptors (Lipinski definition) is 7. The third-order valence-electron chi connectivity index (χ3n) is 6.06. The summed E-state index contributed by atoms with van der Waals surface area (Å²) in [6, 6.07) is 13.8. The molecule has 0 unspecified atom stereocenters. The first-order valence-electron chi connectivity index (χ1n) is 11.1. The van der Waals surface area contributed by atoms with Crippen molar-refractivity contribution in [1.29, 1.82) is 0 Å². The molecule has 0 spiro atoms. The second-order valence-electron chi connectivity index (χ2n) is 8.20. The van der Waals surface area contributed by atoms with Gasteiger partial charge in [-0.3, -0.25) is 18.9 Å². The van der Waals surface area contributed by atoms with Crippen LogP contribution in [0.4, 0.5) is 5.82 Å². The molecule has 34 heavy (non-hydrogen) atoms. The zero-order chi connectivity index (χ0) is 23.7. The first kappa shape index (κ1) is 22.8. The number of amides is 1. The van der Waals surface area contributed by atoms with Crippen molar-refractivity contribution >= 4 is 51.7 Å². The minimum absolute atomic E-state index is 0.182. The molecule has 3 aromatic rings. The van der Waals surface area contributed by atoms with Crippen molar-refractivity contribution in [3.63, 3.8) is 0 Å². The smallest absolute Gasteiger partial charge is 0.267 e. The zero-order valence-electron chi connectivity index (χ0n) is 18.8. The van der Waals surface area contributed by atoms with Gasteiger partial charge >= 0.3 is 0 Å². The van der Waals surface area contributed by atoms with E-state index in [0.29, 0.717) is 52.4 Å². The second kappa shape index (κ2) is 9.69. The summed E-state index contributed by atoms with van der Waals surface area (Å²) in [5.41, 5.74) is 3.31. The van der Waals surface area contributed by atoms with Crippen molar-refractivity contribution < 1.29 is 9.53 Å². The van der Waals surface area contributed by atoms with Crippen molar-refractivity contribution in [2.75, 3.05) is 31.7 Å². The predicted octanol–water partition coefficient (Wildman–Crippen LogP) is 3.49. The molecular formula is C25H24N4O3S2. The molecule has 0 saturated carbocycles. The van der Waals surface area contributed by atoms with Gasteiger partial charge in [0.1, 0.15) is 15.8 Å². The van der Waals surface area contributed by atoms with Crippen LogP contribution in [0.1, 0.15) is 23.1 Å². The first-order valence-corrected chi connectivity index (χ1v) is 12.4. The Morgan fingerprint density at radius 2 is 1.94 bits per heavy atom. The van der Waals surface area contributed by atoms with Crippen LogP contribution in [0.2, 0.25) is 0 Å². The van der Waals surface area contributed by atoms with E-state index in [1.54, 1.807) is 30.3 Å². The number of nitrogens with zero attached hydrogens (tertiary/aromatic N) is 4. The lowest BCUT2D eigenvalue weighted by atomic mass is 9.99. The maximum absolute atomic E-state index is 13.6. The van der Waals surface area contributed by atoms with Gasteiger partial charge in [-0.15, -0.1) is 0 Å². The Balaban J connectivity index is 1.57. The van der Waals surface area contributed by atoms with E-state index in [1.165, 1.54) is 27.3 Å². The molecule has 7 nitrogen and oxygen atoms in total. The summed E-state index contributed by atoms with van der Waals surface area (Å²) >= 11 is 6.68. The van der Waals surface area contributed by atoms with Gasteiger partial charge in [0, 0.05) is 39.5 Å². The highest BCUT2D eigenvalue weighted by Crippen LogP contribution is 2.34. The van der Waals surface area contributed by atoms with Crippen molar-refractivity contribution in [1.82, 2.24) is 14.3 Å². The predicted molar refractivity (Wildman–Crippen MR) is 139 cm³/mol. The van der Waals surface area contributed by atoms with Crippen molar-refractivity contribution in [3.05, 3.63) is 80.6 Å². The number of carbonyl (C=O) groups is 1. The Kier molecular flexibility index (Phi) is 6.49. The summed E-state index contributed by atoms with van der Waals surface area (Å²) in [5, 5.41) is 0. The minimum atomic E-state index is -0.205. The van der Waals surface area contributed by atoms with E-state index >= 15 is 0 Å². The maximum Gasteiger partial charge on any atom is 0.267 e. The summed E-state index contributed by atoms with van der Waals surface area (Å²) in [5.74, 6) is 0.411. The average Bonchev–Trinajstić information content (AvgIpc) is 3.13. The van der Waals surface area contributed by atoms with E-state index < -0.39 is 0 Å². The number of ether oxygens (including phenoxy) is 1. The van der Waals surface area contributed by atoms with Crippen LogP contribution in [0.15, 0.2) is 58.4 Å². The monoisotopic (exact) mass is 492 g/mol. The van der Waals surface area contributed by atoms with E-state index in [2.05, 4.69) is 23.1 Å². The lowest BCUT2D eigenvalue weighted by Gasteiger charge is -2.30. The Bertz CT molecular complexity index is 1370. The van der Waals surface area contributed by atoms with E-state index in [1.807, 2.05) is 18.2 Å². The fourth-order valence-corrected chi connectivity index (χ4v) is 5.62. The molecule has 174 valence electrons. The number of thioether (sulfide) groups is 1. The molecule has 1 saturated heterocycles. The fraction of sp³-hybridized carbons (Fsp3) is 0.280. The molecule has 0 radical (unpaired) electrons. The number of rotatable bonds is 6. The highest BCUT2D eigenvalue weighted by molar-refractivity contribution is 8.26. The summed E-state index contributed by atoms with van der Waals surface area (Å²) in [4.78, 5) is 35.7. The molecular weight excluding hydrogens is 468 g/mol. The van der Waals surface area contributed by atoms with Gasteiger partial charge in [0.15, 0.2) is 0 Å². The Morgan fingerprint density at radius 3 is 2.76 bits per heavy atom. The van der Waals surface area contributed by atoms with E-state index in [0.717, 1.165) is 13.0 Å². The van der Waals surface area contributed by atoms with Crippen LogP contribution >= 0.6 is 24.0 Å². The molecule has 2 aliphatic rings. The summed E-state index contributed by atoms with van der Waals surface area (Å²) in [6.45, 7) is 2.43. The van der Waals surface area contributed by atoms with Crippen molar-refractivity contribution in [2.24, 2.45) is 0 Å². The quantitative estimate of drug-likeness (QED) is 0.296. The van der Waals surface area contributed by atoms with Crippen LogP contribution in [0.5, 0.6) is 0 Å². The van der Waals surface area contributed by atoms with E-state index in [-0.39, 0.29) is 11.5 Å². The summed E-state index contributed by atoms with van der Waals surface area (Å²) in [7, 11) is 1.63. The van der Waals surface area contributed by atoms with Gasteiger partial charge in [0.2, 0.25) is 0 Å². The number of thiocarbonyl (C=S) groups is 1. The number of anilines is 1. The molecule has 9 heteroatoms. The SMILES string of the molecule is COCCCN1C(=O)C(=Cc2c(N3CCc4ccccc4C3)nc3ccccn3c2=O)SC1=S. The second-order valence-corrected chi connectivity index (χ2v) is 9.88. The van der Waals surface area contributed by atoms with Gasteiger partial charge in [-0.2, -0.15) is 0 Å². The number of fused-ring (bicyclic) bond motifs is 2. The average molecular weight is 493 g/mol. The number of pyridine rings is 1. The van der Waals surface area contributed by atoms with Crippen LogP contribution in [0.25, 0.3) is 11.7 Å². The van der Waals surface area contributed by atoms with Gasteiger partial charge in [-0.1, -0.05) is 54.3 Å². The molecule has 1 fully saturated rings. The van der Waals surface area contributed by atoms with Gasteiger partial charge in [-0.05, 0) is 42.2 Å². The maximum atomic E-state index is 13.6. The lowest BCUT2D eigenvalue weighted by molar-refractivity contribution is -0.122. The first-order chi connectivity index (χ1) is 16.6. The van der Waals surface area contributed by atoms with Crippen LogP contribution in [0, 0.1) is 0 Å². The normalized spacial score (nSPS) is 17.1. The molecule has 2 aliphatic heterocycles. The number of methoxy groups -OCH3 is 1. The Morgan fingerprint density at radius 1 is 1.15 bits per heavy atom. The molecule has 1 aromatic carbocycles. The van der Waals surface area contributed by atoms with Crippen LogP contribution in [0.3, 0.4) is 0 Å². The van der Waals surface area contributed by atoms with Gasteiger partial charge in [0.05, 0.1) is 10.5 Å². The topological polar surface area (TPSA) is 67.2 Å². The van der Waals surface area contributed by atoms with Crippen LogP contribution < -0.4 is 10.5 Å². The Labute approximate surface area is 207 Å². The summed E-state index contributed by atoms with van der Waals surface area (Å²) < 4.78 is 7.11. The van der Waals surface area contributed by atoms with E-state index in [4.69, 9.17) is 21.9 Å². The standard InChI is InChI=1S/C25H24N4O3S2/c1-32-14-6-12-29-24(31)20(34-25(29)33)15-19-22(26-21-9-4-5-11-28(21)23(19)30)27-13-10-17-7-2-3-8-18(17)16-27/h2-5,7-9,11,15H,6,10,12-14,16H2,1H3. The molecule has 2 aromatic heterocycles. The number of carbonyl (C=O) groups excluding carboxylic acids is 1. The zero-order valence-corrected chi connectivity index (χ0v) is 20.4. The minimum Gasteiger partial charge on any atom is -0.385 e. The van der Waals surface area contributed by atoms with Gasteiger partial charge in [0.25, 0.3) is 11.5 Å². The molecule has 4 heterocycles. The highest BCUT2D eigenvalue weighted by atomic mass is 32.2. The van der Waals surface area contributed by atoms with Crippen LogP contribution in [-0.2, 0) is 22.5 Å². The highest BCUT2D eigenvalue weighted by Gasteiger charge is 2.32. The van der Waals surface area contributed by atoms with Gasteiger partial charge < -0.3 is 9.64 Å². The van der Waals surface area contributed by atoms with Gasteiger partial charge in [-0.25, -0.2) is 4.98 Å². The van der Waals surface area contributed by atoms with E-state index in [9.17, 15) is 9.59 Å². The van der Waals surface area contributed by atoms with Crippen molar-refractivity contribution in [2.45, 2.75) is 19.4 Å². The lowest BCUT2D eigenvalue weighted by Crippen LogP contribution is -2.34. The molecule has 0 bridgehead atoms. The molecule has 0 N–H and O–H groups in total. The third kappa shape index (κ3) is 4.26. The molecule has 0 aliphatic carbocycles. The summed E-state index contributed by atoms with van der Waals surface area (Å²) in [6.07, 6.45) is 4.93. The Hall–Kier alpha value is -3.01. The molecule has 5 rings (SSSR count).